The van der Waals surface area contributed by atoms with Gasteiger partial charge in [-0.3, -0.25) is 4.79 Å². The fourth-order valence-corrected chi connectivity index (χ4v) is 2.38. The Bertz CT molecular complexity index is 433. The summed E-state index contributed by atoms with van der Waals surface area (Å²) in [4.78, 5) is 13.9. The first-order valence-electron chi connectivity index (χ1n) is 6.45. The van der Waals surface area contributed by atoms with Gasteiger partial charge in [0.1, 0.15) is 6.04 Å². The predicted octanol–water partition coefficient (Wildman–Crippen LogP) is 1.29. The zero-order chi connectivity index (χ0) is 13.1. The summed E-state index contributed by atoms with van der Waals surface area (Å²) in [6.45, 7) is 5.66. The minimum absolute atomic E-state index is 0.105. The van der Waals surface area contributed by atoms with Crippen molar-refractivity contribution < 1.29 is 4.79 Å². The predicted molar refractivity (Wildman–Crippen MR) is 73.7 cm³/mol. The molecule has 0 bridgehead atoms. The second kappa shape index (κ2) is 5.40. The van der Waals surface area contributed by atoms with Crippen LogP contribution in [0.3, 0.4) is 0 Å². The Labute approximate surface area is 108 Å². The number of piperazine rings is 1. The van der Waals surface area contributed by atoms with E-state index in [1.54, 1.807) is 0 Å². The van der Waals surface area contributed by atoms with E-state index in [4.69, 9.17) is 0 Å². The third-order valence-electron chi connectivity index (χ3n) is 3.64. The fraction of sp³-hybridized carbons (Fsp3) is 0.500. The molecule has 0 radical (unpaired) electrons. The molecule has 1 amide bonds. The smallest absolute Gasteiger partial charge is 0.242 e. The normalized spacial score (nSPS) is 21.6. The van der Waals surface area contributed by atoms with Crippen LogP contribution in [0.4, 0.5) is 5.69 Å². The number of anilines is 1. The maximum Gasteiger partial charge on any atom is 0.242 e. The Morgan fingerprint density at radius 2 is 2.17 bits per heavy atom. The standard InChI is InChI=1S/C14H21N3O/c1-10(15-3)12-6-4-5-7-13(12)17-9-8-16-14(18)11(17)2/h4-7,10-11,15H,8-9H2,1-3H3,(H,16,18). The summed E-state index contributed by atoms with van der Waals surface area (Å²) in [5.41, 5.74) is 2.39. The van der Waals surface area contributed by atoms with Crippen LogP contribution >= 0.6 is 0 Å². The van der Waals surface area contributed by atoms with Gasteiger partial charge in [-0.2, -0.15) is 0 Å². The topological polar surface area (TPSA) is 44.4 Å². The molecule has 0 aromatic heterocycles. The fourth-order valence-electron chi connectivity index (χ4n) is 2.38. The zero-order valence-electron chi connectivity index (χ0n) is 11.2. The van der Waals surface area contributed by atoms with Crippen LogP contribution in [0.25, 0.3) is 0 Å². The van der Waals surface area contributed by atoms with Crippen LogP contribution in [0, 0.1) is 0 Å². The maximum atomic E-state index is 11.8. The summed E-state index contributed by atoms with van der Waals surface area (Å²) in [6.07, 6.45) is 0. The van der Waals surface area contributed by atoms with E-state index in [1.807, 2.05) is 26.1 Å². The molecule has 2 atom stereocenters. The molecule has 2 N–H and O–H groups in total. The number of carbonyl (C=O) groups excluding carboxylic acids is 1. The molecule has 98 valence electrons. The highest BCUT2D eigenvalue weighted by molar-refractivity contribution is 5.86. The molecule has 2 unspecified atom stereocenters. The first kappa shape index (κ1) is 12.9. The Kier molecular flexibility index (Phi) is 3.87. The summed E-state index contributed by atoms with van der Waals surface area (Å²) in [6, 6.07) is 8.46. The van der Waals surface area contributed by atoms with Gasteiger partial charge in [0.2, 0.25) is 5.91 Å². The number of hydrogen-bond donors (Lipinski definition) is 2. The molecule has 1 heterocycles. The first-order chi connectivity index (χ1) is 8.65. The van der Waals surface area contributed by atoms with Gasteiger partial charge in [-0.15, -0.1) is 0 Å². The van der Waals surface area contributed by atoms with Crippen molar-refractivity contribution in [3.05, 3.63) is 29.8 Å². The van der Waals surface area contributed by atoms with Gasteiger partial charge in [0.15, 0.2) is 0 Å². The average Bonchev–Trinajstić information content (AvgIpc) is 2.41. The van der Waals surface area contributed by atoms with E-state index in [9.17, 15) is 4.79 Å². The van der Waals surface area contributed by atoms with E-state index in [0.29, 0.717) is 6.54 Å². The minimum atomic E-state index is -0.107. The SMILES string of the molecule is CNC(C)c1ccccc1N1CCNC(=O)C1C. The van der Waals surface area contributed by atoms with Gasteiger partial charge in [-0.25, -0.2) is 0 Å². The number of amides is 1. The Balaban J connectivity index is 2.35. The van der Waals surface area contributed by atoms with E-state index in [-0.39, 0.29) is 18.0 Å². The van der Waals surface area contributed by atoms with Crippen LogP contribution < -0.4 is 15.5 Å². The van der Waals surface area contributed by atoms with E-state index in [1.165, 1.54) is 5.56 Å². The van der Waals surface area contributed by atoms with Crippen LogP contribution in [-0.4, -0.2) is 32.1 Å². The molecular weight excluding hydrogens is 226 g/mol. The van der Waals surface area contributed by atoms with Crippen molar-refractivity contribution in [1.29, 1.82) is 0 Å². The van der Waals surface area contributed by atoms with Crippen molar-refractivity contribution in [1.82, 2.24) is 10.6 Å². The molecule has 0 saturated carbocycles. The molecule has 1 aliphatic heterocycles. The molecule has 1 aromatic carbocycles. The van der Waals surface area contributed by atoms with Gasteiger partial charge in [0.25, 0.3) is 0 Å². The second-order valence-corrected chi connectivity index (χ2v) is 4.73. The third-order valence-corrected chi connectivity index (χ3v) is 3.64. The van der Waals surface area contributed by atoms with Crippen LogP contribution in [0.2, 0.25) is 0 Å². The number of hydrogen-bond acceptors (Lipinski definition) is 3. The molecule has 1 aliphatic rings. The lowest BCUT2D eigenvalue weighted by Gasteiger charge is -2.36. The van der Waals surface area contributed by atoms with E-state index >= 15 is 0 Å². The lowest BCUT2D eigenvalue weighted by atomic mass is 10.0. The summed E-state index contributed by atoms with van der Waals surface area (Å²) in [7, 11) is 1.95. The van der Waals surface area contributed by atoms with Crippen LogP contribution in [-0.2, 0) is 4.79 Å². The van der Waals surface area contributed by atoms with E-state index < -0.39 is 0 Å². The number of carbonyl (C=O) groups is 1. The van der Waals surface area contributed by atoms with Gasteiger partial charge < -0.3 is 15.5 Å². The van der Waals surface area contributed by atoms with E-state index in [2.05, 4.69) is 34.6 Å². The number of rotatable bonds is 3. The minimum Gasteiger partial charge on any atom is -0.358 e. The molecule has 4 nitrogen and oxygen atoms in total. The number of nitrogens with zero attached hydrogens (tertiary/aromatic N) is 1. The van der Waals surface area contributed by atoms with Crippen LogP contribution in [0.1, 0.15) is 25.5 Å². The van der Waals surface area contributed by atoms with Gasteiger partial charge >= 0.3 is 0 Å². The van der Waals surface area contributed by atoms with Crippen molar-refractivity contribution in [2.45, 2.75) is 25.9 Å². The van der Waals surface area contributed by atoms with Crippen molar-refractivity contribution >= 4 is 11.6 Å². The van der Waals surface area contributed by atoms with Crippen LogP contribution in [0.15, 0.2) is 24.3 Å². The van der Waals surface area contributed by atoms with Crippen molar-refractivity contribution in [3.63, 3.8) is 0 Å². The average molecular weight is 247 g/mol. The molecule has 0 spiro atoms. The van der Waals surface area contributed by atoms with Gasteiger partial charge in [0.05, 0.1) is 0 Å². The Hall–Kier alpha value is -1.55. The molecule has 1 saturated heterocycles. The summed E-state index contributed by atoms with van der Waals surface area (Å²) in [5.74, 6) is 0.105. The molecule has 18 heavy (non-hydrogen) atoms. The van der Waals surface area contributed by atoms with Crippen molar-refractivity contribution in [3.8, 4) is 0 Å². The van der Waals surface area contributed by atoms with E-state index in [0.717, 1.165) is 12.2 Å². The summed E-state index contributed by atoms with van der Waals surface area (Å²) in [5, 5.41) is 6.16. The highest BCUT2D eigenvalue weighted by Crippen LogP contribution is 2.28. The lowest BCUT2D eigenvalue weighted by Crippen LogP contribution is -2.54. The third kappa shape index (κ3) is 2.34. The monoisotopic (exact) mass is 247 g/mol. The number of para-hydroxylation sites is 1. The lowest BCUT2D eigenvalue weighted by molar-refractivity contribution is -0.122. The van der Waals surface area contributed by atoms with Gasteiger partial charge in [-0.1, -0.05) is 18.2 Å². The number of benzene rings is 1. The van der Waals surface area contributed by atoms with Crippen LogP contribution in [0.5, 0.6) is 0 Å². The number of nitrogens with one attached hydrogen (secondary N) is 2. The first-order valence-corrected chi connectivity index (χ1v) is 6.45. The molecule has 2 rings (SSSR count). The molecule has 4 heteroatoms. The summed E-state index contributed by atoms with van der Waals surface area (Å²) >= 11 is 0. The Morgan fingerprint density at radius 1 is 1.44 bits per heavy atom. The highest BCUT2D eigenvalue weighted by atomic mass is 16.2. The van der Waals surface area contributed by atoms with Crippen molar-refractivity contribution in [2.75, 3.05) is 25.0 Å². The maximum absolute atomic E-state index is 11.8. The van der Waals surface area contributed by atoms with Gasteiger partial charge in [-0.05, 0) is 32.5 Å². The quantitative estimate of drug-likeness (QED) is 0.846. The largest absolute Gasteiger partial charge is 0.358 e. The van der Waals surface area contributed by atoms with Crippen molar-refractivity contribution in [2.24, 2.45) is 0 Å². The summed E-state index contributed by atoms with van der Waals surface area (Å²) < 4.78 is 0. The molecule has 0 aliphatic carbocycles. The molecule has 1 aromatic rings. The zero-order valence-corrected chi connectivity index (χ0v) is 11.2. The Morgan fingerprint density at radius 3 is 2.89 bits per heavy atom. The molecule has 1 fully saturated rings. The van der Waals surface area contributed by atoms with Gasteiger partial charge in [0, 0.05) is 24.8 Å². The highest BCUT2D eigenvalue weighted by Gasteiger charge is 2.27. The second-order valence-electron chi connectivity index (χ2n) is 4.73. The molecular formula is C14H21N3O.